The molecule has 0 fully saturated rings. The predicted molar refractivity (Wildman–Crippen MR) is 116 cm³/mol. The summed E-state index contributed by atoms with van der Waals surface area (Å²) in [7, 11) is 2.03. The summed E-state index contributed by atoms with van der Waals surface area (Å²) in [4.78, 5) is 12.7. The molecular weight excluding hydrogens is 379 g/mol. The van der Waals surface area contributed by atoms with Crippen molar-refractivity contribution in [2.24, 2.45) is 7.05 Å². The predicted octanol–water partition coefficient (Wildman–Crippen LogP) is 4.93. The van der Waals surface area contributed by atoms with Gasteiger partial charge in [0.15, 0.2) is 0 Å². The van der Waals surface area contributed by atoms with Crippen LogP contribution in [-0.2, 0) is 26.5 Å². The largest absolute Gasteiger partial charge is 0.489 e. The summed E-state index contributed by atoms with van der Waals surface area (Å²) in [6.45, 7) is 0.375. The van der Waals surface area contributed by atoms with Crippen LogP contribution in [0.5, 0.6) is 5.75 Å². The van der Waals surface area contributed by atoms with Gasteiger partial charge in [-0.2, -0.15) is 0 Å². The van der Waals surface area contributed by atoms with E-state index in [2.05, 4.69) is 4.57 Å². The van der Waals surface area contributed by atoms with E-state index in [-0.39, 0.29) is 17.1 Å². The van der Waals surface area contributed by atoms with Crippen LogP contribution in [0.3, 0.4) is 0 Å². The van der Waals surface area contributed by atoms with Gasteiger partial charge in [-0.05, 0) is 55.0 Å². The SMILES string of the molecule is Cn1c2c(c3cc(F)c(-n4ccc(OCc5ccccc5)cc4=O)cc31)CCCC2. The third-order valence-electron chi connectivity index (χ3n) is 5.99. The van der Waals surface area contributed by atoms with Gasteiger partial charge in [0.2, 0.25) is 0 Å². The van der Waals surface area contributed by atoms with Crippen LogP contribution in [0.2, 0.25) is 0 Å². The first-order valence-corrected chi connectivity index (χ1v) is 10.3. The Labute approximate surface area is 174 Å². The van der Waals surface area contributed by atoms with Crippen LogP contribution in [0, 0.1) is 5.82 Å². The maximum atomic E-state index is 15.0. The highest BCUT2D eigenvalue weighted by molar-refractivity contribution is 5.87. The molecule has 0 N–H and O–H groups in total. The summed E-state index contributed by atoms with van der Waals surface area (Å²) in [5.74, 6) is 0.0810. The molecule has 0 amide bonds. The average Bonchev–Trinajstić information content (AvgIpc) is 3.04. The van der Waals surface area contributed by atoms with Gasteiger partial charge in [-0.15, -0.1) is 0 Å². The average molecular weight is 402 g/mol. The van der Waals surface area contributed by atoms with Gasteiger partial charge >= 0.3 is 0 Å². The lowest BCUT2D eigenvalue weighted by atomic mass is 9.95. The molecular formula is C25H23FN2O2. The maximum absolute atomic E-state index is 15.0. The van der Waals surface area contributed by atoms with Gasteiger partial charge in [0.1, 0.15) is 18.2 Å². The molecule has 2 aromatic carbocycles. The molecule has 30 heavy (non-hydrogen) atoms. The Morgan fingerprint density at radius 3 is 2.63 bits per heavy atom. The quantitative estimate of drug-likeness (QED) is 0.485. The molecule has 1 aliphatic carbocycles. The number of nitrogens with zero attached hydrogens (tertiary/aromatic N) is 2. The summed E-state index contributed by atoms with van der Waals surface area (Å²) in [5, 5.41) is 0.962. The molecule has 2 aromatic heterocycles. The Balaban J connectivity index is 1.50. The maximum Gasteiger partial charge on any atom is 0.258 e. The van der Waals surface area contributed by atoms with E-state index in [0.29, 0.717) is 12.4 Å². The highest BCUT2D eigenvalue weighted by atomic mass is 19.1. The molecule has 2 heterocycles. The van der Waals surface area contributed by atoms with Gasteiger partial charge in [-0.25, -0.2) is 4.39 Å². The normalized spacial score (nSPS) is 13.4. The number of ether oxygens (including phenoxy) is 1. The first-order chi connectivity index (χ1) is 14.6. The fourth-order valence-electron chi connectivity index (χ4n) is 4.44. The minimum Gasteiger partial charge on any atom is -0.489 e. The highest BCUT2D eigenvalue weighted by Crippen LogP contribution is 2.33. The zero-order valence-electron chi connectivity index (χ0n) is 16.9. The highest BCUT2D eigenvalue weighted by Gasteiger charge is 2.20. The van der Waals surface area contributed by atoms with Crippen LogP contribution >= 0.6 is 0 Å². The van der Waals surface area contributed by atoms with Gasteiger partial charge in [-0.3, -0.25) is 9.36 Å². The fraction of sp³-hybridized carbons (Fsp3) is 0.240. The first-order valence-electron chi connectivity index (χ1n) is 10.3. The lowest BCUT2D eigenvalue weighted by molar-refractivity contribution is 0.305. The van der Waals surface area contributed by atoms with Crippen molar-refractivity contribution < 1.29 is 9.13 Å². The molecule has 0 radical (unpaired) electrons. The van der Waals surface area contributed by atoms with E-state index in [1.165, 1.54) is 21.9 Å². The van der Waals surface area contributed by atoms with Crippen molar-refractivity contribution in [1.82, 2.24) is 9.13 Å². The Morgan fingerprint density at radius 1 is 1.03 bits per heavy atom. The van der Waals surface area contributed by atoms with Crippen molar-refractivity contribution in [3.63, 3.8) is 0 Å². The van der Waals surface area contributed by atoms with Crippen molar-refractivity contribution in [1.29, 1.82) is 0 Å². The number of fused-ring (bicyclic) bond motifs is 3. The van der Waals surface area contributed by atoms with Crippen LogP contribution in [-0.4, -0.2) is 9.13 Å². The molecule has 5 heteroatoms. The smallest absolute Gasteiger partial charge is 0.258 e. The second kappa shape index (κ2) is 7.48. The van der Waals surface area contributed by atoms with Crippen molar-refractivity contribution >= 4 is 10.9 Å². The molecule has 152 valence electrons. The van der Waals surface area contributed by atoms with Gasteiger partial charge in [-0.1, -0.05) is 30.3 Å². The second-order valence-corrected chi connectivity index (χ2v) is 7.86. The van der Waals surface area contributed by atoms with Crippen molar-refractivity contribution in [2.75, 3.05) is 0 Å². The van der Waals surface area contributed by atoms with Gasteiger partial charge in [0, 0.05) is 30.4 Å². The number of aromatic nitrogens is 2. The third-order valence-corrected chi connectivity index (χ3v) is 5.99. The number of aryl methyl sites for hydroxylation is 2. The first kappa shape index (κ1) is 18.7. The topological polar surface area (TPSA) is 36.2 Å². The molecule has 0 unspecified atom stereocenters. The monoisotopic (exact) mass is 402 g/mol. The van der Waals surface area contributed by atoms with E-state index >= 15 is 4.39 Å². The van der Waals surface area contributed by atoms with Crippen LogP contribution in [0.4, 0.5) is 4.39 Å². The summed E-state index contributed by atoms with van der Waals surface area (Å²) in [6, 6.07) is 16.2. The van der Waals surface area contributed by atoms with Gasteiger partial charge in [0.05, 0.1) is 11.2 Å². The Kier molecular flexibility index (Phi) is 4.66. The molecule has 1 aliphatic rings. The van der Waals surface area contributed by atoms with E-state index in [0.717, 1.165) is 42.1 Å². The molecule has 0 saturated carbocycles. The summed E-state index contributed by atoms with van der Waals surface area (Å²) in [5.41, 5.74) is 4.46. The molecule has 4 aromatic rings. The number of pyridine rings is 1. The summed E-state index contributed by atoms with van der Waals surface area (Å²) >= 11 is 0. The van der Waals surface area contributed by atoms with Crippen LogP contribution in [0.1, 0.15) is 29.7 Å². The number of benzene rings is 2. The zero-order chi connectivity index (χ0) is 20.7. The third kappa shape index (κ3) is 3.20. The summed E-state index contributed by atoms with van der Waals surface area (Å²) < 4.78 is 24.3. The van der Waals surface area contributed by atoms with Crippen molar-refractivity contribution in [3.05, 3.63) is 93.8 Å². The van der Waals surface area contributed by atoms with Gasteiger partial charge < -0.3 is 9.30 Å². The second-order valence-electron chi connectivity index (χ2n) is 7.86. The van der Waals surface area contributed by atoms with Crippen LogP contribution in [0.25, 0.3) is 16.6 Å². The van der Waals surface area contributed by atoms with E-state index < -0.39 is 0 Å². The molecule has 0 atom stereocenters. The molecule has 4 nitrogen and oxygen atoms in total. The lowest BCUT2D eigenvalue weighted by Gasteiger charge is -2.12. The summed E-state index contributed by atoms with van der Waals surface area (Å²) in [6.07, 6.45) is 5.88. The molecule has 0 saturated heterocycles. The lowest BCUT2D eigenvalue weighted by Crippen LogP contribution is -2.18. The Morgan fingerprint density at radius 2 is 1.83 bits per heavy atom. The number of rotatable bonds is 4. The van der Waals surface area contributed by atoms with Gasteiger partial charge in [0.25, 0.3) is 5.56 Å². The number of hydrogen-bond donors (Lipinski definition) is 0. The number of halogens is 1. The van der Waals surface area contributed by atoms with Crippen molar-refractivity contribution in [2.45, 2.75) is 32.3 Å². The van der Waals surface area contributed by atoms with Crippen LogP contribution < -0.4 is 10.3 Å². The molecule has 5 rings (SSSR count). The van der Waals surface area contributed by atoms with Crippen molar-refractivity contribution in [3.8, 4) is 11.4 Å². The minimum atomic E-state index is -0.387. The van der Waals surface area contributed by atoms with E-state index in [4.69, 9.17) is 4.74 Å². The molecule has 0 aliphatic heterocycles. The van der Waals surface area contributed by atoms with E-state index in [1.807, 2.05) is 37.4 Å². The minimum absolute atomic E-state index is 0.264. The van der Waals surface area contributed by atoms with E-state index in [9.17, 15) is 4.79 Å². The zero-order valence-corrected chi connectivity index (χ0v) is 16.9. The Hall–Kier alpha value is -3.34. The standard InChI is InChI=1S/C25H23FN2O2/c1-27-22-10-6-5-9-19(22)20-14-21(26)24(15-23(20)27)28-12-11-18(13-25(28)29)30-16-17-7-3-2-4-8-17/h2-4,7-8,11-15H,5-6,9-10,16H2,1H3. The molecule has 0 spiro atoms. The van der Waals surface area contributed by atoms with Crippen LogP contribution in [0.15, 0.2) is 65.6 Å². The number of hydrogen-bond acceptors (Lipinski definition) is 2. The molecule has 0 bridgehead atoms. The van der Waals surface area contributed by atoms with E-state index in [1.54, 1.807) is 24.4 Å². The fourth-order valence-corrected chi connectivity index (χ4v) is 4.44. The Bertz CT molecular complexity index is 1290.